The van der Waals surface area contributed by atoms with Crippen LogP contribution in [0.25, 0.3) is 0 Å². The molecule has 1 aromatic heterocycles. The van der Waals surface area contributed by atoms with E-state index in [2.05, 4.69) is 46.7 Å². The van der Waals surface area contributed by atoms with Crippen molar-refractivity contribution in [3.8, 4) is 5.75 Å². The van der Waals surface area contributed by atoms with Gasteiger partial charge in [0.1, 0.15) is 12.4 Å². The molecular weight excluding hydrogens is 370 g/mol. The highest BCUT2D eigenvalue weighted by Crippen LogP contribution is 2.44. The zero-order valence-electron chi connectivity index (χ0n) is 16.2. The standard InChI is InChI=1S/C22H23N3O2S/c1-13-6-4-5-7-17(13)12-27-18-10-8-16(9-11-18)20-19-14(2)24-25-21(19)23-22(26)15(3)28-20/h4-11,15,20H,12H2,1-3H3,(H2,23,24,25,26). The highest BCUT2D eigenvalue weighted by Gasteiger charge is 2.32. The van der Waals surface area contributed by atoms with Crippen molar-refractivity contribution in [1.29, 1.82) is 0 Å². The number of fused-ring (bicyclic) bond motifs is 1. The Labute approximate surface area is 168 Å². The zero-order chi connectivity index (χ0) is 19.7. The second-order valence-electron chi connectivity index (χ2n) is 7.04. The fourth-order valence-corrected chi connectivity index (χ4v) is 4.65. The molecule has 28 heavy (non-hydrogen) atoms. The third kappa shape index (κ3) is 3.64. The molecule has 0 aliphatic carbocycles. The molecule has 0 spiro atoms. The average molecular weight is 394 g/mol. The van der Waals surface area contributed by atoms with E-state index in [1.807, 2.05) is 38.1 Å². The number of H-pyrrole nitrogens is 1. The SMILES string of the molecule is Cc1ccccc1COc1ccc(C2SC(C)C(=O)Nc3n[nH]c(C)c32)cc1. The Bertz CT molecular complexity index is 997. The summed E-state index contributed by atoms with van der Waals surface area (Å²) in [5.41, 5.74) is 5.55. The monoisotopic (exact) mass is 393 g/mol. The molecule has 1 aliphatic rings. The molecule has 0 radical (unpaired) electrons. The molecule has 6 heteroatoms. The molecule has 0 bridgehead atoms. The first-order valence-corrected chi connectivity index (χ1v) is 10.3. The van der Waals surface area contributed by atoms with Gasteiger partial charge in [-0.15, -0.1) is 11.8 Å². The summed E-state index contributed by atoms with van der Waals surface area (Å²) >= 11 is 1.64. The van der Waals surface area contributed by atoms with Crippen LogP contribution in [0, 0.1) is 13.8 Å². The fourth-order valence-electron chi connectivity index (χ4n) is 3.32. The van der Waals surface area contributed by atoms with Crippen LogP contribution in [0.4, 0.5) is 5.82 Å². The Balaban J connectivity index is 1.55. The van der Waals surface area contributed by atoms with Crippen molar-refractivity contribution in [2.24, 2.45) is 0 Å². The second-order valence-corrected chi connectivity index (χ2v) is 8.49. The molecule has 144 valence electrons. The van der Waals surface area contributed by atoms with Gasteiger partial charge in [-0.25, -0.2) is 0 Å². The molecule has 0 fully saturated rings. The molecule has 1 amide bonds. The quantitative estimate of drug-likeness (QED) is 0.670. The molecule has 3 aromatic rings. The normalized spacial score (nSPS) is 18.9. The number of carbonyl (C=O) groups is 1. The molecule has 2 aromatic carbocycles. The maximum Gasteiger partial charge on any atom is 0.238 e. The van der Waals surface area contributed by atoms with Gasteiger partial charge in [0.05, 0.1) is 10.5 Å². The van der Waals surface area contributed by atoms with E-state index >= 15 is 0 Å². The van der Waals surface area contributed by atoms with Gasteiger partial charge in [-0.05, 0) is 49.6 Å². The number of aromatic amines is 1. The average Bonchev–Trinajstić information content (AvgIpc) is 2.99. The molecule has 2 unspecified atom stereocenters. The van der Waals surface area contributed by atoms with Crippen molar-refractivity contribution in [2.45, 2.75) is 37.9 Å². The molecule has 2 heterocycles. The van der Waals surface area contributed by atoms with Crippen molar-refractivity contribution >= 4 is 23.5 Å². The maximum absolute atomic E-state index is 12.3. The number of thioether (sulfide) groups is 1. The van der Waals surface area contributed by atoms with Crippen LogP contribution < -0.4 is 10.1 Å². The predicted molar refractivity (Wildman–Crippen MR) is 113 cm³/mol. The van der Waals surface area contributed by atoms with Crippen LogP contribution in [0.1, 0.15) is 40.1 Å². The molecule has 5 nitrogen and oxygen atoms in total. The predicted octanol–water partition coefficient (Wildman–Crippen LogP) is 4.77. The number of nitrogens with zero attached hydrogens (tertiary/aromatic N) is 1. The lowest BCUT2D eigenvalue weighted by atomic mass is 10.0. The first-order valence-electron chi connectivity index (χ1n) is 9.31. The number of ether oxygens (including phenoxy) is 1. The lowest BCUT2D eigenvalue weighted by Gasteiger charge is -2.18. The highest BCUT2D eigenvalue weighted by atomic mass is 32.2. The van der Waals surface area contributed by atoms with Gasteiger partial charge in [0.25, 0.3) is 0 Å². The van der Waals surface area contributed by atoms with Gasteiger partial charge in [-0.1, -0.05) is 36.4 Å². The van der Waals surface area contributed by atoms with Crippen molar-refractivity contribution in [3.63, 3.8) is 0 Å². The summed E-state index contributed by atoms with van der Waals surface area (Å²) in [6, 6.07) is 16.4. The van der Waals surface area contributed by atoms with Crippen LogP contribution in [0.15, 0.2) is 48.5 Å². The summed E-state index contributed by atoms with van der Waals surface area (Å²) in [5, 5.41) is 10.1. The summed E-state index contributed by atoms with van der Waals surface area (Å²) in [6.45, 7) is 6.55. The lowest BCUT2D eigenvalue weighted by Crippen LogP contribution is -2.21. The summed E-state index contributed by atoms with van der Waals surface area (Å²) in [5.74, 6) is 1.44. The molecule has 1 aliphatic heterocycles. The first-order chi connectivity index (χ1) is 13.5. The Hall–Kier alpha value is -2.73. The summed E-state index contributed by atoms with van der Waals surface area (Å²) in [6.07, 6.45) is 0. The van der Waals surface area contributed by atoms with Gasteiger partial charge >= 0.3 is 0 Å². The van der Waals surface area contributed by atoms with Gasteiger partial charge in [0.15, 0.2) is 5.82 Å². The highest BCUT2D eigenvalue weighted by molar-refractivity contribution is 8.01. The zero-order valence-corrected chi connectivity index (χ0v) is 17.0. The van der Waals surface area contributed by atoms with Gasteiger partial charge in [-0.2, -0.15) is 5.10 Å². The Morgan fingerprint density at radius 2 is 1.86 bits per heavy atom. The first kappa shape index (κ1) is 18.6. The Kier molecular flexibility index (Phi) is 5.13. The summed E-state index contributed by atoms with van der Waals surface area (Å²) in [7, 11) is 0. The van der Waals surface area contributed by atoms with E-state index in [-0.39, 0.29) is 16.4 Å². The number of aromatic nitrogens is 2. The van der Waals surface area contributed by atoms with E-state index in [0.717, 1.165) is 22.6 Å². The molecule has 2 N–H and O–H groups in total. The maximum atomic E-state index is 12.3. The van der Waals surface area contributed by atoms with E-state index in [1.165, 1.54) is 11.1 Å². The van der Waals surface area contributed by atoms with Crippen LogP contribution in [0.5, 0.6) is 5.75 Å². The molecular formula is C22H23N3O2S. The Morgan fingerprint density at radius 1 is 1.11 bits per heavy atom. The minimum atomic E-state index is -0.157. The van der Waals surface area contributed by atoms with Gasteiger partial charge in [0, 0.05) is 11.3 Å². The number of anilines is 1. The summed E-state index contributed by atoms with van der Waals surface area (Å²) in [4.78, 5) is 12.3. The van der Waals surface area contributed by atoms with E-state index in [4.69, 9.17) is 4.74 Å². The third-order valence-corrected chi connectivity index (χ3v) is 6.45. The van der Waals surface area contributed by atoms with Gasteiger partial charge in [-0.3, -0.25) is 9.89 Å². The van der Waals surface area contributed by atoms with Crippen molar-refractivity contribution < 1.29 is 9.53 Å². The fraction of sp³-hybridized carbons (Fsp3) is 0.273. The largest absolute Gasteiger partial charge is 0.489 e. The van der Waals surface area contributed by atoms with Crippen LogP contribution in [0.3, 0.4) is 0 Å². The van der Waals surface area contributed by atoms with E-state index in [1.54, 1.807) is 11.8 Å². The van der Waals surface area contributed by atoms with Crippen LogP contribution >= 0.6 is 11.8 Å². The van der Waals surface area contributed by atoms with Crippen LogP contribution in [0.2, 0.25) is 0 Å². The summed E-state index contributed by atoms with van der Waals surface area (Å²) < 4.78 is 5.96. The smallest absolute Gasteiger partial charge is 0.238 e. The topological polar surface area (TPSA) is 67.0 Å². The number of hydrogen-bond donors (Lipinski definition) is 2. The van der Waals surface area contributed by atoms with Crippen LogP contribution in [-0.4, -0.2) is 21.4 Å². The van der Waals surface area contributed by atoms with Crippen molar-refractivity contribution in [2.75, 3.05) is 5.32 Å². The Morgan fingerprint density at radius 3 is 2.61 bits per heavy atom. The number of amides is 1. The number of nitrogens with one attached hydrogen (secondary N) is 2. The minimum Gasteiger partial charge on any atom is -0.489 e. The van der Waals surface area contributed by atoms with Crippen molar-refractivity contribution in [1.82, 2.24) is 10.2 Å². The van der Waals surface area contributed by atoms with Gasteiger partial charge < -0.3 is 10.1 Å². The van der Waals surface area contributed by atoms with Crippen molar-refractivity contribution in [3.05, 3.63) is 76.5 Å². The van der Waals surface area contributed by atoms with E-state index in [9.17, 15) is 4.79 Å². The van der Waals surface area contributed by atoms with Crippen LogP contribution in [-0.2, 0) is 11.4 Å². The minimum absolute atomic E-state index is 0.0153. The molecule has 2 atom stereocenters. The molecule has 0 saturated heterocycles. The lowest BCUT2D eigenvalue weighted by molar-refractivity contribution is -0.115. The molecule has 4 rings (SSSR count). The number of carbonyl (C=O) groups excluding carboxylic acids is 1. The number of benzene rings is 2. The number of rotatable bonds is 4. The number of hydrogen-bond acceptors (Lipinski definition) is 4. The molecule has 0 saturated carbocycles. The third-order valence-electron chi connectivity index (χ3n) is 5.05. The second kappa shape index (κ2) is 7.72. The van der Waals surface area contributed by atoms with E-state index < -0.39 is 0 Å². The van der Waals surface area contributed by atoms with Gasteiger partial charge in [0.2, 0.25) is 5.91 Å². The number of aryl methyl sites for hydroxylation is 2. The van der Waals surface area contributed by atoms with E-state index in [0.29, 0.717) is 12.4 Å².